The number of nitrogens with one attached hydrogen (secondary N) is 2. The van der Waals surface area contributed by atoms with Crippen LogP contribution in [0.5, 0.6) is 0 Å². The van der Waals surface area contributed by atoms with Gasteiger partial charge in [-0.25, -0.2) is 14.0 Å². The minimum atomic E-state index is -1.24. The summed E-state index contributed by atoms with van der Waals surface area (Å²) in [5, 5.41) is 22.2. The maximum atomic E-state index is 13.5. The number of amides is 2. The van der Waals surface area contributed by atoms with Crippen LogP contribution in [-0.2, 0) is 4.79 Å². The first-order chi connectivity index (χ1) is 9.45. The van der Waals surface area contributed by atoms with E-state index in [-0.39, 0.29) is 13.0 Å². The number of aliphatic hydroxyl groups is 1. The SMILES string of the molecule is CC(NC(=O)N[C@@H](CCO)C(=O)O)c1ccccc1F. The maximum absolute atomic E-state index is 13.5. The Labute approximate surface area is 115 Å². The van der Waals surface area contributed by atoms with Crippen LogP contribution in [-0.4, -0.2) is 34.9 Å². The van der Waals surface area contributed by atoms with Gasteiger partial charge in [0.1, 0.15) is 11.9 Å². The van der Waals surface area contributed by atoms with Gasteiger partial charge in [0.2, 0.25) is 0 Å². The van der Waals surface area contributed by atoms with Gasteiger partial charge in [0, 0.05) is 18.6 Å². The van der Waals surface area contributed by atoms with Crippen molar-refractivity contribution in [3.63, 3.8) is 0 Å². The fraction of sp³-hybridized carbons (Fsp3) is 0.385. The van der Waals surface area contributed by atoms with Gasteiger partial charge in [-0.3, -0.25) is 0 Å². The van der Waals surface area contributed by atoms with E-state index in [2.05, 4.69) is 10.6 Å². The first-order valence-corrected chi connectivity index (χ1v) is 6.10. The highest BCUT2D eigenvalue weighted by Gasteiger charge is 2.20. The van der Waals surface area contributed by atoms with Crippen molar-refractivity contribution in [1.82, 2.24) is 10.6 Å². The molecule has 0 aromatic heterocycles. The van der Waals surface area contributed by atoms with Crippen LogP contribution in [0.15, 0.2) is 24.3 Å². The third kappa shape index (κ3) is 4.51. The van der Waals surface area contributed by atoms with Crippen molar-refractivity contribution in [2.24, 2.45) is 0 Å². The summed E-state index contributed by atoms with van der Waals surface area (Å²) in [6.07, 6.45) is -0.100. The van der Waals surface area contributed by atoms with E-state index >= 15 is 0 Å². The molecule has 2 amide bonds. The van der Waals surface area contributed by atoms with Crippen LogP contribution in [0.2, 0.25) is 0 Å². The van der Waals surface area contributed by atoms with Gasteiger partial charge in [-0.15, -0.1) is 0 Å². The van der Waals surface area contributed by atoms with Crippen molar-refractivity contribution in [1.29, 1.82) is 0 Å². The maximum Gasteiger partial charge on any atom is 0.326 e. The Morgan fingerprint density at radius 2 is 1.95 bits per heavy atom. The lowest BCUT2D eigenvalue weighted by Crippen LogP contribution is -2.47. The Balaban J connectivity index is 2.62. The fourth-order valence-corrected chi connectivity index (χ4v) is 1.69. The Hall–Kier alpha value is -2.15. The summed E-state index contributed by atoms with van der Waals surface area (Å²) in [7, 11) is 0. The Kier molecular flexibility index (Phi) is 5.92. The molecular formula is C13H17FN2O4. The van der Waals surface area contributed by atoms with Gasteiger partial charge in [-0.05, 0) is 13.0 Å². The molecule has 0 saturated heterocycles. The molecule has 0 bridgehead atoms. The number of carboxylic acids is 1. The zero-order valence-corrected chi connectivity index (χ0v) is 11.0. The molecule has 0 aliphatic rings. The van der Waals surface area contributed by atoms with Crippen LogP contribution in [0.1, 0.15) is 24.9 Å². The number of hydrogen-bond acceptors (Lipinski definition) is 3. The van der Waals surface area contributed by atoms with Gasteiger partial charge in [0.25, 0.3) is 0 Å². The Morgan fingerprint density at radius 3 is 2.50 bits per heavy atom. The summed E-state index contributed by atoms with van der Waals surface area (Å²) >= 11 is 0. The molecule has 0 aliphatic heterocycles. The van der Waals surface area contributed by atoms with E-state index in [1.165, 1.54) is 18.2 Å². The third-order valence-electron chi connectivity index (χ3n) is 2.74. The van der Waals surface area contributed by atoms with Crippen molar-refractivity contribution in [3.8, 4) is 0 Å². The summed E-state index contributed by atoms with van der Waals surface area (Å²) < 4.78 is 13.5. The van der Waals surface area contributed by atoms with E-state index in [1.54, 1.807) is 13.0 Å². The van der Waals surface area contributed by atoms with Crippen molar-refractivity contribution >= 4 is 12.0 Å². The number of rotatable bonds is 6. The molecule has 1 aromatic rings. The molecule has 20 heavy (non-hydrogen) atoms. The van der Waals surface area contributed by atoms with Gasteiger partial charge in [-0.1, -0.05) is 18.2 Å². The molecule has 0 heterocycles. The number of halogens is 1. The van der Waals surface area contributed by atoms with E-state index in [0.29, 0.717) is 5.56 Å². The second-order valence-electron chi connectivity index (χ2n) is 4.26. The lowest BCUT2D eigenvalue weighted by Gasteiger charge is -2.18. The number of benzene rings is 1. The molecule has 0 saturated carbocycles. The summed E-state index contributed by atoms with van der Waals surface area (Å²) in [5.41, 5.74) is 0.302. The normalized spacial score (nSPS) is 13.3. The van der Waals surface area contributed by atoms with Crippen LogP contribution in [0.4, 0.5) is 9.18 Å². The van der Waals surface area contributed by atoms with Gasteiger partial charge in [-0.2, -0.15) is 0 Å². The predicted molar refractivity (Wildman–Crippen MR) is 69.6 cm³/mol. The summed E-state index contributed by atoms with van der Waals surface area (Å²) in [5.74, 6) is -1.70. The zero-order chi connectivity index (χ0) is 15.1. The molecule has 7 heteroatoms. The topological polar surface area (TPSA) is 98.7 Å². The Morgan fingerprint density at radius 1 is 1.30 bits per heavy atom. The van der Waals surface area contributed by atoms with Crippen LogP contribution >= 0.6 is 0 Å². The molecule has 0 fully saturated rings. The molecule has 2 atom stereocenters. The number of aliphatic carboxylic acids is 1. The zero-order valence-electron chi connectivity index (χ0n) is 11.0. The third-order valence-corrected chi connectivity index (χ3v) is 2.74. The molecule has 110 valence electrons. The fourth-order valence-electron chi connectivity index (χ4n) is 1.69. The molecular weight excluding hydrogens is 267 g/mol. The van der Waals surface area contributed by atoms with E-state index in [1.807, 2.05) is 0 Å². The summed E-state index contributed by atoms with van der Waals surface area (Å²) in [6, 6.07) is 3.45. The average Bonchev–Trinajstić information content (AvgIpc) is 2.38. The van der Waals surface area contributed by atoms with Crippen LogP contribution in [0.3, 0.4) is 0 Å². The monoisotopic (exact) mass is 284 g/mol. The molecule has 1 aromatic carbocycles. The van der Waals surface area contributed by atoms with Gasteiger partial charge < -0.3 is 20.8 Å². The summed E-state index contributed by atoms with van der Waals surface area (Å²) in [6.45, 7) is 1.22. The molecule has 0 spiro atoms. The highest BCUT2D eigenvalue weighted by molar-refractivity contribution is 5.82. The quantitative estimate of drug-likeness (QED) is 0.627. The number of aliphatic hydroxyl groups excluding tert-OH is 1. The van der Waals surface area contributed by atoms with Crippen molar-refractivity contribution in [2.45, 2.75) is 25.4 Å². The van der Waals surface area contributed by atoms with E-state index in [4.69, 9.17) is 10.2 Å². The molecule has 4 N–H and O–H groups in total. The number of carbonyl (C=O) groups excluding carboxylic acids is 1. The Bertz CT molecular complexity index is 481. The lowest BCUT2D eigenvalue weighted by atomic mass is 10.1. The number of carboxylic acid groups (broad SMARTS) is 1. The molecule has 0 aliphatic carbocycles. The predicted octanol–water partition coefficient (Wildman–Crippen LogP) is 1.02. The van der Waals surface area contributed by atoms with E-state index in [9.17, 15) is 14.0 Å². The van der Waals surface area contributed by atoms with Crippen LogP contribution in [0.25, 0.3) is 0 Å². The minimum Gasteiger partial charge on any atom is -0.480 e. The number of carbonyl (C=O) groups is 2. The number of hydrogen-bond donors (Lipinski definition) is 4. The van der Waals surface area contributed by atoms with Crippen molar-refractivity contribution < 1.29 is 24.2 Å². The summed E-state index contributed by atoms with van der Waals surface area (Å²) in [4.78, 5) is 22.5. The van der Waals surface area contributed by atoms with Crippen LogP contribution in [0, 0.1) is 5.82 Å². The first kappa shape index (κ1) is 15.9. The second-order valence-corrected chi connectivity index (χ2v) is 4.26. The van der Waals surface area contributed by atoms with E-state index in [0.717, 1.165) is 0 Å². The lowest BCUT2D eigenvalue weighted by molar-refractivity contribution is -0.139. The minimum absolute atomic E-state index is 0.100. The second kappa shape index (κ2) is 7.44. The van der Waals surface area contributed by atoms with Gasteiger partial charge in [0.15, 0.2) is 0 Å². The molecule has 1 unspecified atom stereocenters. The van der Waals surface area contributed by atoms with Crippen molar-refractivity contribution in [3.05, 3.63) is 35.6 Å². The smallest absolute Gasteiger partial charge is 0.326 e. The van der Waals surface area contributed by atoms with E-state index < -0.39 is 29.9 Å². The highest BCUT2D eigenvalue weighted by atomic mass is 19.1. The van der Waals surface area contributed by atoms with Crippen molar-refractivity contribution in [2.75, 3.05) is 6.61 Å². The number of urea groups is 1. The highest BCUT2D eigenvalue weighted by Crippen LogP contribution is 2.15. The average molecular weight is 284 g/mol. The molecule has 1 rings (SSSR count). The van der Waals surface area contributed by atoms with Gasteiger partial charge >= 0.3 is 12.0 Å². The van der Waals surface area contributed by atoms with Gasteiger partial charge in [0.05, 0.1) is 6.04 Å². The molecule has 6 nitrogen and oxygen atoms in total. The first-order valence-electron chi connectivity index (χ1n) is 6.10. The largest absolute Gasteiger partial charge is 0.480 e. The standard InChI is InChI=1S/C13H17FN2O4/c1-8(9-4-2-3-5-10(9)14)15-13(20)16-11(6-7-17)12(18)19/h2-5,8,11,17H,6-7H2,1H3,(H,18,19)(H2,15,16,20)/t8?,11-/m0/s1. The molecule has 0 radical (unpaired) electrons. The van der Waals surface area contributed by atoms with Crippen LogP contribution < -0.4 is 10.6 Å².